The molecule has 53 heavy (non-hydrogen) atoms. The Labute approximate surface area is 312 Å². The Balaban J connectivity index is 1.51. The molecule has 1 heterocycles. The molecule has 3 N–H and O–H groups in total. The van der Waals surface area contributed by atoms with Gasteiger partial charge in [0.15, 0.2) is 5.69 Å². The highest BCUT2D eigenvalue weighted by Crippen LogP contribution is 2.43. The van der Waals surface area contributed by atoms with E-state index in [2.05, 4.69) is 26.5 Å². The average molecular weight is 738 g/mol. The van der Waals surface area contributed by atoms with E-state index in [1.165, 1.54) is 16.8 Å². The van der Waals surface area contributed by atoms with E-state index in [1.807, 2.05) is 39.0 Å². The Kier molecular flexibility index (Phi) is 11.5. The summed E-state index contributed by atoms with van der Waals surface area (Å²) in [5.74, 6) is -0.907. The first kappa shape index (κ1) is 38.9. The maximum atomic E-state index is 15.7. The van der Waals surface area contributed by atoms with Crippen molar-refractivity contribution in [3.63, 3.8) is 0 Å². The van der Waals surface area contributed by atoms with Crippen molar-refractivity contribution in [2.45, 2.75) is 89.7 Å². The van der Waals surface area contributed by atoms with Gasteiger partial charge in [0.05, 0.1) is 44.3 Å². The zero-order valence-corrected chi connectivity index (χ0v) is 31.6. The van der Waals surface area contributed by atoms with Crippen molar-refractivity contribution in [3.05, 3.63) is 112 Å². The molecule has 4 aromatic rings. The molecule has 5 rings (SSSR count). The lowest BCUT2D eigenvalue weighted by Gasteiger charge is -2.38. The van der Waals surface area contributed by atoms with Gasteiger partial charge in [-0.15, -0.1) is 0 Å². The van der Waals surface area contributed by atoms with Crippen molar-refractivity contribution in [1.82, 2.24) is 19.8 Å². The Morgan fingerprint density at radius 3 is 2.28 bits per heavy atom. The summed E-state index contributed by atoms with van der Waals surface area (Å²) in [5.41, 5.74) is 0.989. The maximum absolute atomic E-state index is 15.7. The van der Waals surface area contributed by atoms with Crippen LogP contribution in [0, 0.1) is 34.4 Å². The van der Waals surface area contributed by atoms with Crippen molar-refractivity contribution in [1.29, 1.82) is 10.5 Å². The van der Waals surface area contributed by atoms with Crippen LogP contribution in [-0.2, 0) is 27.8 Å². The monoisotopic (exact) mass is 737 g/mol. The van der Waals surface area contributed by atoms with Crippen LogP contribution in [0.2, 0.25) is 0 Å². The molecule has 0 radical (unpaired) electrons. The summed E-state index contributed by atoms with van der Waals surface area (Å²) >= 11 is 0. The number of rotatable bonds is 12. The van der Waals surface area contributed by atoms with Crippen molar-refractivity contribution >= 4 is 28.7 Å². The molecule has 3 aromatic carbocycles. The highest BCUT2D eigenvalue weighted by molar-refractivity contribution is 7.84. The number of hydrogen-bond acceptors (Lipinski definition) is 7. The fraction of sp³-hybridized carbons (Fsp3) is 0.375. The molecule has 0 spiro atoms. The number of alkyl carbamates (subject to hydrolysis) is 1. The molecule has 1 fully saturated rings. The molecule has 13 heteroatoms. The van der Waals surface area contributed by atoms with Gasteiger partial charge < -0.3 is 15.4 Å². The van der Waals surface area contributed by atoms with E-state index >= 15 is 4.39 Å². The van der Waals surface area contributed by atoms with Gasteiger partial charge in [-0.1, -0.05) is 43.2 Å². The molecule has 1 aliphatic rings. The first-order chi connectivity index (χ1) is 25.0. The number of halogens is 1. The molecule has 0 saturated heterocycles. The molecule has 1 unspecified atom stereocenters. The number of carbonyl (C=O) groups is 2. The van der Waals surface area contributed by atoms with E-state index in [1.54, 1.807) is 69.3 Å². The van der Waals surface area contributed by atoms with E-state index in [9.17, 15) is 24.3 Å². The van der Waals surface area contributed by atoms with Gasteiger partial charge in [-0.25, -0.2) is 22.8 Å². The van der Waals surface area contributed by atoms with E-state index in [0.717, 1.165) is 24.8 Å². The van der Waals surface area contributed by atoms with Crippen LogP contribution < -0.4 is 15.4 Å². The zero-order chi connectivity index (χ0) is 38.6. The third kappa shape index (κ3) is 9.74. The third-order valence-electron chi connectivity index (χ3n) is 8.71. The second kappa shape index (κ2) is 15.7. The van der Waals surface area contributed by atoms with Gasteiger partial charge in [-0.05, 0) is 113 Å². The second-order valence-electron chi connectivity index (χ2n) is 15.2. The molecule has 2 amide bonds. The van der Waals surface area contributed by atoms with Crippen LogP contribution in [0.5, 0.6) is 0 Å². The van der Waals surface area contributed by atoms with Crippen molar-refractivity contribution < 1.29 is 22.9 Å². The largest absolute Gasteiger partial charge is 0.444 e. The highest BCUT2D eigenvalue weighted by atomic mass is 32.2. The van der Waals surface area contributed by atoms with Gasteiger partial charge in [0, 0.05) is 12.6 Å². The molecule has 1 aromatic heterocycles. The van der Waals surface area contributed by atoms with E-state index in [-0.39, 0.29) is 23.6 Å². The van der Waals surface area contributed by atoms with Crippen molar-refractivity contribution in [2.24, 2.45) is 5.92 Å². The fourth-order valence-corrected chi connectivity index (χ4v) is 6.71. The predicted octanol–water partition coefficient (Wildman–Crippen LogP) is 7.52. The average Bonchev–Trinajstić information content (AvgIpc) is 3.84. The van der Waals surface area contributed by atoms with Gasteiger partial charge in [0.1, 0.15) is 23.2 Å². The minimum Gasteiger partial charge on any atom is -0.444 e. The minimum atomic E-state index is -1.56. The van der Waals surface area contributed by atoms with Crippen LogP contribution in [0.15, 0.2) is 72.8 Å². The number of nitriles is 2. The summed E-state index contributed by atoms with van der Waals surface area (Å²) in [6.07, 6.45) is 2.95. The van der Waals surface area contributed by atoms with Crippen LogP contribution in [0.4, 0.5) is 14.9 Å². The lowest BCUT2D eigenvalue weighted by Crippen LogP contribution is -2.49. The molecule has 276 valence electrons. The minimum absolute atomic E-state index is 0.0253. The van der Waals surface area contributed by atoms with Crippen LogP contribution in [0.25, 0.3) is 5.69 Å². The standard InChI is InChI=1S/C40H44FN7O4S/c1-38(2,3)52-37(50)44-25-28-8-7-9-32(20-28)48-35(22-31(24-43)46-48)36(49)45-34-21-30(16-17-33(34)41)40(19-18-26-10-11-26,47-53(51)39(4,5)6)29-14-12-27(23-42)13-15-29/h7-9,12-17,20-22,26,47H,10-11,18-19,25H2,1-6H3,(H,44,50)(H,45,49)/t40?,53-/m1/s1. The molecule has 0 bridgehead atoms. The highest BCUT2D eigenvalue weighted by Gasteiger charge is 2.40. The Hall–Kier alpha value is -5.37. The van der Waals surface area contributed by atoms with E-state index in [0.29, 0.717) is 34.7 Å². The Morgan fingerprint density at radius 2 is 1.66 bits per heavy atom. The smallest absolute Gasteiger partial charge is 0.407 e. The normalized spacial score (nSPS) is 14.7. The number of aromatic nitrogens is 2. The lowest BCUT2D eigenvalue weighted by molar-refractivity contribution is 0.0523. The SMILES string of the molecule is CC(C)(C)OC(=O)NCc1cccc(-n2nc(C#N)cc2C(=O)Nc2cc(C(CCC3CC3)(N[S@](=O)C(C)(C)C)c3ccc(C#N)cc3)ccc2F)c1. The number of ether oxygens (including phenoxy) is 1. The third-order valence-corrected chi connectivity index (χ3v) is 10.4. The lowest BCUT2D eigenvalue weighted by atomic mass is 9.79. The van der Waals surface area contributed by atoms with E-state index < -0.39 is 44.7 Å². The number of amides is 2. The molecular weight excluding hydrogens is 694 g/mol. The predicted molar refractivity (Wildman–Crippen MR) is 201 cm³/mol. The van der Waals surface area contributed by atoms with E-state index in [4.69, 9.17) is 4.74 Å². The first-order valence-electron chi connectivity index (χ1n) is 17.4. The summed E-state index contributed by atoms with van der Waals surface area (Å²) < 4.78 is 38.8. The number of nitrogens with one attached hydrogen (secondary N) is 3. The Morgan fingerprint density at radius 1 is 0.962 bits per heavy atom. The zero-order valence-electron chi connectivity index (χ0n) is 30.7. The quantitative estimate of drug-likeness (QED) is 0.136. The second-order valence-corrected chi connectivity index (χ2v) is 17.1. The fourth-order valence-electron chi connectivity index (χ4n) is 5.75. The molecular formula is C40H44FN7O4S. The van der Waals surface area contributed by atoms with Gasteiger partial charge in [0.2, 0.25) is 0 Å². The Bertz CT molecular complexity index is 2100. The van der Waals surface area contributed by atoms with Crippen molar-refractivity contribution in [2.75, 3.05) is 5.32 Å². The number of benzene rings is 3. The summed E-state index contributed by atoms with van der Waals surface area (Å²) in [4.78, 5) is 26.2. The van der Waals surface area contributed by atoms with Crippen LogP contribution in [0.3, 0.4) is 0 Å². The molecule has 11 nitrogen and oxygen atoms in total. The summed E-state index contributed by atoms with van der Waals surface area (Å²) in [5, 5.41) is 28.9. The van der Waals surface area contributed by atoms with Crippen LogP contribution in [0.1, 0.15) is 106 Å². The number of hydrogen-bond donors (Lipinski definition) is 3. The molecule has 1 aliphatic carbocycles. The summed E-state index contributed by atoms with van der Waals surface area (Å²) in [7, 11) is -1.56. The first-order valence-corrected chi connectivity index (χ1v) is 18.5. The van der Waals surface area contributed by atoms with Gasteiger partial charge in [0.25, 0.3) is 5.91 Å². The van der Waals surface area contributed by atoms with Crippen molar-refractivity contribution in [3.8, 4) is 17.8 Å². The number of anilines is 1. The summed E-state index contributed by atoms with van der Waals surface area (Å²) in [6, 6.07) is 23.8. The van der Waals surface area contributed by atoms with Crippen LogP contribution >= 0.6 is 0 Å². The molecule has 0 aliphatic heterocycles. The van der Waals surface area contributed by atoms with Gasteiger partial charge in [-0.3, -0.25) is 4.79 Å². The van der Waals surface area contributed by atoms with Gasteiger partial charge in [-0.2, -0.15) is 15.6 Å². The maximum Gasteiger partial charge on any atom is 0.407 e. The molecule has 1 saturated carbocycles. The number of nitrogens with zero attached hydrogens (tertiary/aromatic N) is 4. The number of carbonyl (C=O) groups excluding carboxylic acids is 2. The van der Waals surface area contributed by atoms with Crippen LogP contribution in [-0.4, -0.2) is 36.3 Å². The topological polar surface area (TPSA) is 162 Å². The van der Waals surface area contributed by atoms with Gasteiger partial charge >= 0.3 is 6.09 Å². The summed E-state index contributed by atoms with van der Waals surface area (Å²) in [6.45, 7) is 11.0. The molecule has 2 atom stereocenters.